The smallest absolute Gasteiger partial charge is 0.0544 e. The summed E-state index contributed by atoms with van der Waals surface area (Å²) in [5, 5.41) is 0. The molecule has 1 aromatic heterocycles. The summed E-state index contributed by atoms with van der Waals surface area (Å²) in [6.07, 6.45) is 1.86. The van der Waals surface area contributed by atoms with Gasteiger partial charge in [-0.2, -0.15) is 0 Å². The number of hydrogen-bond acceptors (Lipinski definition) is 2. The topological polar surface area (TPSA) is 16.1 Å². The summed E-state index contributed by atoms with van der Waals surface area (Å²) in [6, 6.07) is 27.3. The molecule has 0 amide bonds. The predicted molar refractivity (Wildman–Crippen MR) is 90.1 cm³/mol. The van der Waals surface area contributed by atoms with Crippen molar-refractivity contribution >= 4 is 0 Å². The van der Waals surface area contributed by atoms with Crippen molar-refractivity contribution in [2.75, 3.05) is 0 Å². The fourth-order valence-electron chi connectivity index (χ4n) is 2.57. The Balaban J connectivity index is 1.75. The molecule has 0 aliphatic carbocycles. The van der Waals surface area contributed by atoms with Crippen LogP contribution in [0, 0.1) is 0 Å². The minimum Gasteiger partial charge on any atom is -0.289 e. The first-order chi connectivity index (χ1) is 10.9. The van der Waals surface area contributed by atoms with E-state index in [0.29, 0.717) is 0 Å². The normalized spacial score (nSPS) is 10.8. The van der Waals surface area contributed by atoms with Crippen LogP contribution >= 0.6 is 0 Å². The van der Waals surface area contributed by atoms with E-state index in [-0.39, 0.29) is 0 Å². The van der Waals surface area contributed by atoms with Crippen molar-refractivity contribution in [2.45, 2.75) is 19.6 Å². The zero-order valence-electron chi connectivity index (χ0n) is 12.6. The van der Waals surface area contributed by atoms with E-state index >= 15 is 0 Å². The Morgan fingerprint density at radius 1 is 0.591 bits per heavy atom. The second-order valence-corrected chi connectivity index (χ2v) is 5.44. The van der Waals surface area contributed by atoms with Gasteiger partial charge in [-0.1, -0.05) is 66.7 Å². The van der Waals surface area contributed by atoms with Crippen LogP contribution in [-0.2, 0) is 19.6 Å². The average Bonchev–Trinajstić information content (AvgIpc) is 2.57. The molecule has 0 radical (unpaired) electrons. The lowest BCUT2D eigenvalue weighted by Gasteiger charge is -2.22. The van der Waals surface area contributed by atoms with E-state index in [1.165, 1.54) is 11.1 Å². The van der Waals surface area contributed by atoms with E-state index in [1.807, 2.05) is 18.3 Å². The first-order valence-electron chi connectivity index (χ1n) is 7.60. The van der Waals surface area contributed by atoms with Crippen LogP contribution in [0.5, 0.6) is 0 Å². The molecule has 0 atom stereocenters. The molecule has 0 unspecified atom stereocenters. The van der Waals surface area contributed by atoms with E-state index in [2.05, 4.69) is 76.6 Å². The van der Waals surface area contributed by atoms with E-state index in [9.17, 15) is 0 Å². The summed E-state index contributed by atoms with van der Waals surface area (Å²) >= 11 is 0. The molecule has 3 rings (SSSR count). The number of hydrogen-bond donors (Lipinski definition) is 0. The van der Waals surface area contributed by atoms with Gasteiger partial charge in [0.1, 0.15) is 0 Å². The largest absolute Gasteiger partial charge is 0.289 e. The molecule has 2 heteroatoms. The first kappa shape index (κ1) is 14.5. The van der Waals surface area contributed by atoms with Crippen molar-refractivity contribution < 1.29 is 0 Å². The molecule has 2 nitrogen and oxygen atoms in total. The van der Waals surface area contributed by atoms with Crippen molar-refractivity contribution in [3.63, 3.8) is 0 Å². The Morgan fingerprint density at radius 2 is 1.14 bits per heavy atom. The zero-order valence-corrected chi connectivity index (χ0v) is 12.6. The van der Waals surface area contributed by atoms with Crippen LogP contribution in [0.4, 0.5) is 0 Å². The van der Waals surface area contributed by atoms with Gasteiger partial charge in [0, 0.05) is 25.8 Å². The van der Waals surface area contributed by atoms with Crippen LogP contribution in [0.15, 0.2) is 85.1 Å². The van der Waals surface area contributed by atoms with E-state index in [4.69, 9.17) is 0 Å². The lowest BCUT2D eigenvalue weighted by Crippen LogP contribution is -2.22. The van der Waals surface area contributed by atoms with Gasteiger partial charge in [0.25, 0.3) is 0 Å². The zero-order chi connectivity index (χ0) is 15.0. The lowest BCUT2D eigenvalue weighted by molar-refractivity contribution is 0.244. The van der Waals surface area contributed by atoms with Crippen LogP contribution in [0.25, 0.3) is 0 Å². The number of rotatable bonds is 6. The highest BCUT2D eigenvalue weighted by Crippen LogP contribution is 2.13. The maximum atomic E-state index is 4.46. The fraction of sp³-hybridized carbons (Fsp3) is 0.150. The Hall–Kier alpha value is -2.45. The van der Waals surface area contributed by atoms with Crippen molar-refractivity contribution in [3.8, 4) is 0 Å². The number of pyridine rings is 1. The maximum Gasteiger partial charge on any atom is 0.0544 e. The van der Waals surface area contributed by atoms with E-state index in [1.54, 1.807) is 0 Å². The molecule has 1 heterocycles. The van der Waals surface area contributed by atoms with Crippen LogP contribution < -0.4 is 0 Å². The summed E-state index contributed by atoms with van der Waals surface area (Å²) in [6.45, 7) is 2.70. The van der Waals surface area contributed by atoms with Crippen molar-refractivity contribution in [1.82, 2.24) is 9.88 Å². The Morgan fingerprint density at radius 3 is 1.64 bits per heavy atom. The quantitative estimate of drug-likeness (QED) is 0.673. The molecule has 0 saturated heterocycles. The van der Waals surface area contributed by atoms with E-state index < -0.39 is 0 Å². The highest BCUT2D eigenvalue weighted by molar-refractivity contribution is 5.17. The van der Waals surface area contributed by atoms with Gasteiger partial charge >= 0.3 is 0 Å². The molecular formula is C20H20N2. The maximum absolute atomic E-state index is 4.46. The SMILES string of the molecule is c1ccc(CN(Cc2ccccc2)Cc2ccccn2)cc1. The summed E-state index contributed by atoms with van der Waals surface area (Å²) < 4.78 is 0. The van der Waals surface area contributed by atoms with Gasteiger partial charge in [0.2, 0.25) is 0 Å². The monoisotopic (exact) mass is 288 g/mol. The second-order valence-electron chi connectivity index (χ2n) is 5.44. The highest BCUT2D eigenvalue weighted by atomic mass is 15.1. The average molecular weight is 288 g/mol. The minimum atomic E-state index is 0.852. The van der Waals surface area contributed by atoms with Gasteiger partial charge in [-0.3, -0.25) is 9.88 Å². The van der Waals surface area contributed by atoms with Crippen molar-refractivity contribution in [3.05, 3.63) is 102 Å². The van der Waals surface area contributed by atoms with Gasteiger partial charge in [-0.25, -0.2) is 0 Å². The molecule has 0 spiro atoms. The number of benzene rings is 2. The molecule has 2 aromatic carbocycles. The van der Waals surface area contributed by atoms with Gasteiger partial charge in [0.15, 0.2) is 0 Å². The van der Waals surface area contributed by atoms with Gasteiger partial charge in [-0.05, 0) is 23.3 Å². The Kier molecular flexibility index (Phi) is 4.96. The Bertz CT molecular complexity index is 567. The van der Waals surface area contributed by atoms with Crippen LogP contribution in [-0.4, -0.2) is 9.88 Å². The van der Waals surface area contributed by atoms with Crippen LogP contribution in [0.1, 0.15) is 16.8 Å². The molecule has 110 valence electrons. The van der Waals surface area contributed by atoms with Crippen LogP contribution in [0.2, 0.25) is 0 Å². The second kappa shape index (κ2) is 7.53. The molecule has 0 N–H and O–H groups in total. The summed E-state index contributed by atoms with van der Waals surface area (Å²) in [4.78, 5) is 6.88. The van der Waals surface area contributed by atoms with Gasteiger partial charge < -0.3 is 0 Å². The lowest BCUT2D eigenvalue weighted by atomic mass is 10.1. The fourth-order valence-corrected chi connectivity index (χ4v) is 2.57. The molecular weight excluding hydrogens is 268 g/mol. The number of aromatic nitrogens is 1. The summed E-state index contributed by atoms with van der Waals surface area (Å²) in [5.41, 5.74) is 3.76. The number of nitrogens with zero attached hydrogens (tertiary/aromatic N) is 2. The molecule has 0 aliphatic rings. The molecule has 3 aromatic rings. The molecule has 0 fully saturated rings. The molecule has 0 saturated carbocycles. The molecule has 0 bridgehead atoms. The van der Waals surface area contributed by atoms with Crippen molar-refractivity contribution in [1.29, 1.82) is 0 Å². The molecule has 22 heavy (non-hydrogen) atoms. The molecule has 0 aliphatic heterocycles. The minimum absolute atomic E-state index is 0.852. The van der Waals surface area contributed by atoms with Crippen LogP contribution in [0.3, 0.4) is 0 Å². The summed E-state index contributed by atoms with van der Waals surface area (Å²) in [5.74, 6) is 0. The van der Waals surface area contributed by atoms with Gasteiger partial charge in [0.05, 0.1) is 5.69 Å². The van der Waals surface area contributed by atoms with Crippen molar-refractivity contribution in [2.24, 2.45) is 0 Å². The van der Waals surface area contributed by atoms with Gasteiger partial charge in [-0.15, -0.1) is 0 Å². The third kappa shape index (κ3) is 4.27. The first-order valence-corrected chi connectivity index (χ1v) is 7.60. The summed E-state index contributed by atoms with van der Waals surface area (Å²) in [7, 11) is 0. The third-order valence-corrected chi connectivity index (χ3v) is 3.61. The predicted octanol–water partition coefficient (Wildman–Crippen LogP) is 4.28. The third-order valence-electron chi connectivity index (χ3n) is 3.61. The highest BCUT2D eigenvalue weighted by Gasteiger charge is 2.08. The van der Waals surface area contributed by atoms with E-state index in [0.717, 1.165) is 25.3 Å². The Labute approximate surface area is 132 Å². The standard InChI is InChI=1S/C20H20N2/c1-3-9-18(10-4-1)15-22(16-19-11-5-2-6-12-19)17-20-13-7-8-14-21-20/h1-14H,15-17H2.